The van der Waals surface area contributed by atoms with E-state index >= 15 is 0 Å². The Morgan fingerprint density at radius 3 is 2.33 bits per heavy atom. The van der Waals surface area contributed by atoms with Crippen molar-refractivity contribution >= 4 is 35.0 Å². The Bertz CT molecular complexity index is 523. The van der Waals surface area contributed by atoms with Crippen molar-refractivity contribution in [1.82, 2.24) is 0 Å². The Morgan fingerprint density at radius 2 is 1.67 bits per heavy atom. The van der Waals surface area contributed by atoms with Crippen LogP contribution >= 0.6 is 35.0 Å². The maximum atomic E-state index is 5.99. The van der Waals surface area contributed by atoms with Crippen molar-refractivity contribution in [3.05, 3.63) is 70.2 Å². The Hall–Kier alpha value is -1.09. The third kappa shape index (κ3) is 4.30. The van der Waals surface area contributed by atoms with Crippen LogP contribution in [0.2, 0.25) is 5.02 Å². The van der Waals surface area contributed by atoms with Gasteiger partial charge in [0, 0.05) is 15.3 Å². The van der Waals surface area contributed by atoms with Crippen molar-refractivity contribution in [3.8, 4) is 5.75 Å². The molecule has 0 aliphatic carbocycles. The molecular formula is C14H10Cl2OS. The van der Waals surface area contributed by atoms with Crippen LogP contribution in [0.4, 0.5) is 0 Å². The first kappa shape index (κ1) is 13.3. The molecule has 0 unspecified atom stereocenters. The quantitative estimate of drug-likeness (QED) is 0.540. The molecule has 0 aromatic heterocycles. The number of ether oxygens (including phenoxy) is 1. The second-order valence-electron chi connectivity index (χ2n) is 3.41. The molecule has 0 spiro atoms. The Balaban J connectivity index is 1.95. The van der Waals surface area contributed by atoms with E-state index in [-0.39, 0.29) is 0 Å². The van der Waals surface area contributed by atoms with Gasteiger partial charge in [0.2, 0.25) is 0 Å². The van der Waals surface area contributed by atoms with Gasteiger partial charge in [-0.15, -0.1) is 0 Å². The molecule has 1 nitrogen and oxygen atoms in total. The molecule has 0 heterocycles. The zero-order chi connectivity index (χ0) is 12.8. The highest BCUT2D eigenvalue weighted by Crippen LogP contribution is 2.24. The highest BCUT2D eigenvalue weighted by molar-refractivity contribution is 8.02. The minimum atomic E-state index is 0.325. The van der Waals surface area contributed by atoms with Crippen LogP contribution in [0.25, 0.3) is 0 Å². The lowest BCUT2D eigenvalue weighted by Gasteiger charge is -2.03. The zero-order valence-corrected chi connectivity index (χ0v) is 11.7. The van der Waals surface area contributed by atoms with Crippen LogP contribution in [0.3, 0.4) is 0 Å². The monoisotopic (exact) mass is 296 g/mol. The fourth-order valence-electron chi connectivity index (χ4n) is 1.25. The summed E-state index contributed by atoms with van der Waals surface area (Å²) in [5, 5.41) is 2.75. The van der Waals surface area contributed by atoms with E-state index in [0.717, 1.165) is 4.90 Å². The molecule has 18 heavy (non-hydrogen) atoms. The molecule has 0 amide bonds. The third-order valence-electron chi connectivity index (χ3n) is 2.06. The van der Waals surface area contributed by atoms with Crippen molar-refractivity contribution in [2.24, 2.45) is 0 Å². The molecule has 92 valence electrons. The number of hydrogen-bond acceptors (Lipinski definition) is 2. The minimum Gasteiger partial charge on any atom is -0.445 e. The molecule has 2 rings (SSSR count). The van der Waals surface area contributed by atoms with Crippen LogP contribution in [-0.2, 0) is 0 Å². The topological polar surface area (TPSA) is 9.23 Å². The second-order valence-corrected chi connectivity index (χ2v) is 5.16. The number of rotatable bonds is 4. The van der Waals surface area contributed by atoms with E-state index in [0.29, 0.717) is 16.0 Å². The maximum absolute atomic E-state index is 5.99. The van der Waals surface area contributed by atoms with E-state index in [1.807, 2.05) is 30.3 Å². The summed E-state index contributed by atoms with van der Waals surface area (Å²) in [6.45, 7) is 0. The van der Waals surface area contributed by atoms with Gasteiger partial charge in [-0.1, -0.05) is 41.6 Å². The van der Waals surface area contributed by atoms with Gasteiger partial charge >= 0.3 is 0 Å². The van der Waals surface area contributed by atoms with Gasteiger partial charge in [0.15, 0.2) is 5.22 Å². The van der Waals surface area contributed by atoms with Crippen molar-refractivity contribution in [2.75, 3.05) is 0 Å². The lowest BCUT2D eigenvalue weighted by atomic mass is 10.3. The molecular weight excluding hydrogens is 287 g/mol. The largest absolute Gasteiger partial charge is 0.445 e. The summed E-state index contributed by atoms with van der Waals surface area (Å²) in [6.07, 6.45) is 0. The second kappa shape index (κ2) is 6.74. The summed E-state index contributed by atoms with van der Waals surface area (Å²) < 4.78 is 5.44. The molecule has 0 radical (unpaired) electrons. The molecule has 0 aliphatic heterocycles. The van der Waals surface area contributed by atoms with Crippen molar-refractivity contribution < 1.29 is 4.74 Å². The Morgan fingerprint density at radius 1 is 1.00 bits per heavy atom. The predicted octanol–water partition coefficient (Wildman–Crippen LogP) is 5.55. The van der Waals surface area contributed by atoms with Gasteiger partial charge in [0.1, 0.15) is 5.75 Å². The molecule has 2 aromatic rings. The van der Waals surface area contributed by atoms with Crippen LogP contribution < -0.4 is 4.74 Å². The summed E-state index contributed by atoms with van der Waals surface area (Å²) in [6, 6.07) is 17.0. The van der Waals surface area contributed by atoms with E-state index in [1.54, 1.807) is 29.7 Å². The molecule has 0 aliphatic rings. The van der Waals surface area contributed by atoms with E-state index in [4.69, 9.17) is 27.9 Å². The van der Waals surface area contributed by atoms with Crippen LogP contribution in [0.1, 0.15) is 0 Å². The lowest BCUT2D eigenvalue weighted by molar-refractivity contribution is 0.464. The van der Waals surface area contributed by atoms with Crippen molar-refractivity contribution in [1.29, 1.82) is 0 Å². The van der Waals surface area contributed by atoms with E-state index in [9.17, 15) is 0 Å². The normalized spacial score (nSPS) is 11.3. The Kier molecular flexibility index (Phi) is 5.00. The Labute approximate surface area is 120 Å². The van der Waals surface area contributed by atoms with Crippen LogP contribution in [0.5, 0.6) is 5.75 Å². The maximum Gasteiger partial charge on any atom is 0.200 e. The summed E-state index contributed by atoms with van der Waals surface area (Å²) in [5.74, 6) is 0.661. The number of halogens is 2. The number of hydrogen-bond donors (Lipinski definition) is 0. The van der Waals surface area contributed by atoms with Crippen molar-refractivity contribution in [3.63, 3.8) is 0 Å². The molecule has 0 saturated heterocycles. The van der Waals surface area contributed by atoms with Gasteiger partial charge in [0.05, 0.1) is 0 Å². The number of thioether (sulfide) groups is 1. The molecule has 0 saturated carbocycles. The van der Waals surface area contributed by atoms with Crippen LogP contribution in [0.15, 0.2) is 70.1 Å². The average Bonchev–Trinajstić information content (AvgIpc) is 2.40. The first-order valence-corrected chi connectivity index (χ1v) is 6.88. The van der Waals surface area contributed by atoms with Crippen LogP contribution in [-0.4, -0.2) is 0 Å². The summed E-state index contributed by atoms with van der Waals surface area (Å²) in [5.41, 5.74) is 0. The molecule has 2 aromatic carbocycles. The van der Waals surface area contributed by atoms with Gasteiger partial charge in [0.25, 0.3) is 0 Å². The standard InChI is InChI=1S/C14H10Cl2OS/c15-11-6-8-12(9-7-11)17-14(16)10-18-13-4-2-1-3-5-13/h1-10H/b14-10-. The molecule has 0 N–H and O–H groups in total. The third-order valence-corrected chi connectivity index (χ3v) is 3.50. The summed E-state index contributed by atoms with van der Waals surface area (Å²) >= 11 is 13.3. The van der Waals surface area contributed by atoms with Gasteiger partial charge in [-0.25, -0.2) is 0 Å². The minimum absolute atomic E-state index is 0.325. The SMILES string of the molecule is Cl/C(=C/Sc1ccccc1)Oc1ccc(Cl)cc1. The van der Waals surface area contributed by atoms with Gasteiger partial charge in [-0.3, -0.25) is 0 Å². The first-order chi connectivity index (χ1) is 8.74. The number of benzene rings is 2. The van der Waals surface area contributed by atoms with Gasteiger partial charge in [-0.2, -0.15) is 0 Å². The molecule has 4 heteroatoms. The van der Waals surface area contributed by atoms with Crippen LogP contribution in [0, 0.1) is 0 Å². The van der Waals surface area contributed by atoms with Gasteiger partial charge < -0.3 is 4.74 Å². The van der Waals surface area contributed by atoms with E-state index in [1.165, 1.54) is 11.8 Å². The van der Waals surface area contributed by atoms with E-state index < -0.39 is 0 Å². The first-order valence-electron chi connectivity index (χ1n) is 5.25. The van der Waals surface area contributed by atoms with Gasteiger partial charge in [-0.05, 0) is 48.0 Å². The summed E-state index contributed by atoms with van der Waals surface area (Å²) in [4.78, 5) is 1.11. The zero-order valence-electron chi connectivity index (χ0n) is 9.35. The summed E-state index contributed by atoms with van der Waals surface area (Å²) in [7, 11) is 0. The lowest BCUT2D eigenvalue weighted by Crippen LogP contribution is -1.86. The highest BCUT2D eigenvalue weighted by atomic mass is 35.5. The molecule has 0 bridgehead atoms. The highest BCUT2D eigenvalue weighted by Gasteiger charge is 1.98. The predicted molar refractivity (Wildman–Crippen MR) is 78.3 cm³/mol. The molecule has 0 atom stereocenters. The smallest absolute Gasteiger partial charge is 0.200 e. The van der Waals surface area contributed by atoms with Crippen molar-refractivity contribution in [2.45, 2.75) is 4.90 Å². The van der Waals surface area contributed by atoms with E-state index in [2.05, 4.69) is 0 Å². The molecule has 0 fully saturated rings. The fraction of sp³-hybridized carbons (Fsp3) is 0. The fourth-order valence-corrected chi connectivity index (χ4v) is 2.19. The average molecular weight is 297 g/mol.